The smallest absolute Gasteiger partial charge is 0.416 e. The predicted octanol–water partition coefficient (Wildman–Crippen LogP) is 3.16. The summed E-state index contributed by atoms with van der Waals surface area (Å²) in [6.07, 6.45) is -0.485. The second kappa shape index (κ2) is 7.74. The topological polar surface area (TPSA) is 95.9 Å². The molecule has 0 aliphatic rings. The van der Waals surface area contributed by atoms with Crippen LogP contribution in [0.1, 0.15) is 16.7 Å². The molecule has 3 rings (SSSR count). The number of carbonyl (C=O) groups excluding carboxylic acids is 1. The number of primary amides is 1. The van der Waals surface area contributed by atoms with Crippen LogP contribution in [0.2, 0.25) is 0 Å². The summed E-state index contributed by atoms with van der Waals surface area (Å²) >= 11 is 0. The first-order valence-electron chi connectivity index (χ1n) is 8.30. The summed E-state index contributed by atoms with van der Waals surface area (Å²) in [6, 6.07) is 6.71. The fourth-order valence-corrected chi connectivity index (χ4v) is 2.62. The van der Waals surface area contributed by atoms with Crippen LogP contribution in [0.15, 0.2) is 42.9 Å². The van der Waals surface area contributed by atoms with Gasteiger partial charge in [0.1, 0.15) is 6.33 Å². The zero-order valence-corrected chi connectivity index (χ0v) is 15.4. The number of halogens is 3. The number of ether oxygens (including phenoxy) is 1. The molecule has 0 aliphatic heterocycles. The van der Waals surface area contributed by atoms with Gasteiger partial charge in [0, 0.05) is 29.6 Å². The second-order valence-corrected chi connectivity index (χ2v) is 6.13. The van der Waals surface area contributed by atoms with Gasteiger partial charge < -0.3 is 10.5 Å². The van der Waals surface area contributed by atoms with E-state index in [9.17, 15) is 18.0 Å². The van der Waals surface area contributed by atoms with Crippen molar-refractivity contribution in [3.8, 4) is 17.3 Å². The molecule has 7 nitrogen and oxygen atoms in total. The molecule has 0 fully saturated rings. The minimum Gasteiger partial charge on any atom is -0.481 e. The lowest BCUT2D eigenvalue weighted by atomic mass is 10.1. The first kappa shape index (κ1) is 20.1. The highest BCUT2D eigenvalue weighted by Gasteiger charge is 2.31. The number of benzene rings is 1. The molecule has 1 amide bonds. The predicted molar refractivity (Wildman–Crippen MR) is 99.3 cm³/mol. The van der Waals surface area contributed by atoms with Crippen LogP contribution in [0.5, 0.6) is 5.88 Å². The zero-order valence-electron chi connectivity index (χ0n) is 15.4. The van der Waals surface area contributed by atoms with Crippen LogP contribution in [-0.2, 0) is 11.0 Å². The van der Waals surface area contributed by atoms with Gasteiger partial charge in [-0.1, -0.05) is 0 Å². The number of nitrogens with zero attached hydrogens (tertiary/aromatic N) is 4. The maximum Gasteiger partial charge on any atom is 0.416 e. The van der Waals surface area contributed by atoms with Crippen LogP contribution in [0.25, 0.3) is 23.2 Å². The molecular weight excluding hydrogens is 387 g/mol. The van der Waals surface area contributed by atoms with E-state index in [0.29, 0.717) is 17.0 Å². The molecule has 0 saturated carbocycles. The van der Waals surface area contributed by atoms with E-state index >= 15 is 0 Å². The molecule has 10 heteroatoms. The van der Waals surface area contributed by atoms with E-state index in [1.165, 1.54) is 30.5 Å². The van der Waals surface area contributed by atoms with Gasteiger partial charge in [0.25, 0.3) is 5.91 Å². The van der Waals surface area contributed by atoms with Crippen molar-refractivity contribution in [2.24, 2.45) is 5.73 Å². The largest absolute Gasteiger partial charge is 0.481 e. The Balaban J connectivity index is 1.98. The molecule has 1 aromatic carbocycles. The average Bonchev–Trinajstić information content (AvgIpc) is 3.14. The molecule has 0 saturated heterocycles. The molecule has 2 aromatic heterocycles. The molecule has 150 valence electrons. The fraction of sp³-hybridized carbons (Fsp3) is 0.158. The number of carbonyl (C=O) groups is 1. The maximum atomic E-state index is 13.0. The molecule has 0 unspecified atom stereocenters. The molecule has 0 radical (unpaired) electrons. The van der Waals surface area contributed by atoms with Gasteiger partial charge in [-0.2, -0.15) is 13.2 Å². The monoisotopic (exact) mass is 403 g/mol. The number of alkyl halides is 3. The van der Waals surface area contributed by atoms with E-state index in [1.54, 1.807) is 25.1 Å². The van der Waals surface area contributed by atoms with Crippen molar-refractivity contribution in [1.29, 1.82) is 0 Å². The second-order valence-electron chi connectivity index (χ2n) is 6.13. The fourth-order valence-electron chi connectivity index (χ4n) is 2.62. The Hall–Kier alpha value is -3.69. The number of methoxy groups -OCH3 is 1. The van der Waals surface area contributed by atoms with Crippen LogP contribution in [-0.4, -0.2) is 32.8 Å². The molecule has 0 bridgehead atoms. The van der Waals surface area contributed by atoms with Crippen molar-refractivity contribution in [2.75, 3.05) is 7.11 Å². The van der Waals surface area contributed by atoms with Crippen molar-refractivity contribution in [3.63, 3.8) is 0 Å². The third-order valence-electron chi connectivity index (χ3n) is 3.95. The Kier molecular flexibility index (Phi) is 5.35. The Labute approximate surface area is 163 Å². The number of rotatable bonds is 5. The van der Waals surface area contributed by atoms with Crippen LogP contribution in [0.3, 0.4) is 0 Å². The number of pyridine rings is 1. The molecule has 0 aliphatic carbocycles. The lowest BCUT2D eigenvalue weighted by Gasteiger charge is -2.09. The number of amides is 1. The molecule has 3 aromatic rings. The SMILES string of the molecule is COc1ccc(/C(=C/n2cnc(-c3cc(C)cc(C(F)(F)F)c3)n2)C(N)=O)cn1. The molecule has 2 N–H and O–H groups in total. The summed E-state index contributed by atoms with van der Waals surface area (Å²) in [6.45, 7) is 1.55. The van der Waals surface area contributed by atoms with E-state index in [-0.39, 0.29) is 17.0 Å². The zero-order chi connectivity index (χ0) is 21.2. The standard InChI is InChI=1S/C19H16F3N5O2/c1-11-5-13(7-14(6-11)19(20,21)22)18-25-10-27(26-18)9-15(17(23)28)12-3-4-16(29-2)24-8-12/h3-10H,1-2H3,(H2,23,28)/b15-9-. The summed E-state index contributed by atoms with van der Waals surface area (Å²) in [5, 5.41) is 4.14. The van der Waals surface area contributed by atoms with Crippen LogP contribution < -0.4 is 10.5 Å². The van der Waals surface area contributed by atoms with E-state index in [4.69, 9.17) is 10.5 Å². The number of nitrogens with two attached hydrogens (primary N) is 1. The van der Waals surface area contributed by atoms with E-state index in [1.807, 2.05) is 0 Å². The van der Waals surface area contributed by atoms with Gasteiger partial charge >= 0.3 is 6.18 Å². The van der Waals surface area contributed by atoms with Gasteiger partial charge in [0.05, 0.1) is 18.2 Å². The van der Waals surface area contributed by atoms with Crippen molar-refractivity contribution in [2.45, 2.75) is 13.1 Å². The van der Waals surface area contributed by atoms with E-state index < -0.39 is 17.6 Å². The summed E-state index contributed by atoms with van der Waals surface area (Å²) < 4.78 is 45.3. The van der Waals surface area contributed by atoms with Gasteiger partial charge in [0.15, 0.2) is 5.82 Å². The minimum atomic E-state index is -4.48. The summed E-state index contributed by atoms with van der Waals surface area (Å²) in [5.74, 6) is -0.295. The lowest BCUT2D eigenvalue weighted by molar-refractivity contribution is -0.137. The lowest BCUT2D eigenvalue weighted by Crippen LogP contribution is -2.14. The number of aromatic nitrogens is 4. The van der Waals surface area contributed by atoms with Crippen molar-refractivity contribution >= 4 is 17.7 Å². The van der Waals surface area contributed by atoms with Crippen LogP contribution in [0, 0.1) is 6.92 Å². The highest BCUT2D eigenvalue weighted by atomic mass is 19.4. The molecule has 2 heterocycles. The summed E-state index contributed by atoms with van der Waals surface area (Å²) in [5.41, 5.74) is 5.79. The van der Waals surface area contributed by atoms with Gasteiger partial charge in [0.2, 0.25) is 5.88 Å². The van der Waals surface area contributed by atoms with Crippen LogP contribution >= 0.6 is 0 Å². The van der Waals surface area contributed by atoms with E-state index in [0.717, 1.165) is 12.1 Å². The van der Waals surface area contributed by atoms with Gasteiger partial charge in [-0.15, -0.1) is 5.10 Å². The Morgan fingerprint density at radius 3 is 2.55 bits per heavy atom. The Morgan fingerprint density at radius 2 is 1.97 bits per heavy atom. The number of hydrogen-bond acceptors (Lipinski definition) is 5. The van der Waals surface area contributed by atoms with Gasteiger partial charge in [-0.25, -0.2) is 14.6 Å². The highest BCUT2D eigenvalue weighted by Crippen LogP contribution is 2.32. The third kappa shape index (κ3) is 4.60. The number of hydrogen-bond donors (Lipinski definition) is 1. The first-order chi connectivity index (χ1) is 13.7. The normalized spacial score (nSPS) is 12.1. The van der Waals surface area contributed by atoms with Gasteiger partial charge in [-0.3, -0.25) is 4.79 Å². The third-order valence-corrected chi connectivity index (χ3v) is 3.95. The first-order valence-corrected chi connectivity index (χ1v) is 8.30. The highest BCUT2D eigenvalue weighted by molar-refractivity contribution is 6.22. The van der Waals surface area contributed by atoms with Crippen molar-refractivity contribution < 1.29 is 22.7 Å². The number of aryl methyl sites for hydroxylation is 1. The molecule has 0 atom stereocenters. The summed E-state index contributed by atoms with van der Waals surface area (Å²) in [4.78, 5) is 19.9. The maximum absolute atomic E-state index is 13.0. The molecular formula is C19H16F3N5O2. The van der Waals surface area contributed by atoms with Crippen LogP contribution in [0.4, 0.5) is 13.2 Å². The van der Waals surface area contributed by atoms with E-state index in [2.05, 4.69) is 15.1 Å². The van der Waals surface area contributed by atoms with Gasteiger partial charge in [-0.05, 0) is 36.8 Å². The Morgan fingerprint density at radius 1 is 1.21 bits per heavy atom. The van der Waals surface area contributed by atoms with Crippen molar-refractivity contribution in [1.82, 2.24) is 19.7 Å². The minimum absolute atomic E-state index is 0.0760. The van der Waals surface area contributed by atoms with Crippen molar-refractivity contribution in [3.05, 3.63) is 59.5 Å². The summed E-state index contributed by atoms with van der Waals surface area (Å²) in [7, 11) is 1.46. The quantitative estimate of drug-likeness (QED) is 0.660. The average molecular weight is 403 g/mol. The molecule has 0 spiro atoms. The molecule has 29 heavy (non-hydrogen) atoms. The Bertz CT molecular complexity index is 1070.